The smallest absolute Gasteiger partial charge is 0.261 e. The lowest BCUT2D eigenvalue weighted by Gasteiger charge is -2.10. The van der Waals surface area contributed by atoms with E-state index in [-0.39, 0.29) is 11.4 Å². The van der Waals surface area contributed by atoms with Gasteiger partial charge in [0.2, 0.25) is 0 Å². The second-order valence-electron chi connectivity index (χ2n) is 4.18. The number of nitrogens with one attached hydrogen (secondary N) is 1. The van der Waals surface area contributed by atoms with Crippen LogP contribution in [0.2, 0.25) is 0 Å². The van der Waals surface area contributed by atoms with Gasteiger partial charge in [-0.25, -0.2) is 21.6 Å². The minimum Gasteiger partial charge on any atom is -0.326 e. The molecule has 112 valence electrons. The Balaban J connectivity index is 2.35. The van der Waals surface area contributed by atoms with E-state index in [0.717, 1.165) is 6.07 Å². The molecule has 0 heterocycles. The van der Waals surface area contributed by atoms with Crippen molar-refractivity contribution in [2.75, 3.05) is 4.72 Å². The predicted octanol–water partition coefficient (Wildman–Crippen LogP) is 2.36. The minimum atomic E-state index is -4.11. The van der Waals surface area contributed by atoms with Gasteiger partial charge in [0.25, 0.3) is 10.0 Å². The Bertz CT molecular complexity index is 762. The highest BCUT2D eigenvalue weighted by Crippen LogP contribution is 2.23. The molecule has 0 aromatic heterocycles. The van der Waals surface area contributed by atoms with Crippen LogP contribution in [0.25, 0.3) is 0 Å². The van der Waals surface area contributed by atoms with Crippen molar-refractivity contribution in [1.29, 1.82) is 0 Å². The summed E-state index contributed by atoms with van der Waals surface area (Å²) in [6, 6.07) is 6.99. The van der Waals surface area contributed by atoms with Crippen molar-refractivity contribution in [3.63, 3.8) is 0 Å². The molecule has 0 saturated heterocycles. The maximum Gasteiger partial charge on any atom is 0.261 e. The number of rotatable bonds is 4. The molecule has 0 aliphatic heterocycles. The summed E-state index contributed by atoms with van der Waals surface area (Å²) >= 11 is 0. The van der Waals surface area contributed by atoms with Gasteiger partial charge < -0.3 is 5.73 Å². The molecule has 0 radical (unpaired) electrons. The molecule has 0 spiro atoms. The van der Waals surface area contributed by atoms with Crippen LogP contribution in [0.5, 0.6) is 0 Å². The fourth-order valence-corrected chi connectivity index (χ4v) is 2.67. The van der Waals surface area contributed by atoms with Crippen LogP contribution in [0.15, 0.2) is 41.3 Å². The average Bonchev–Trinajstić information content (AvgIpc) is 2.48. The van der Waals surface area contributed by atoms with E-state index < -0.39 is 33.2 Å². The highest BCUT2D eigenvalue weighted by Gasteiger charge is 2.19. The first kappa shape index (κ1) is 15.3. The third kappa shape index (κ3) is 3.17. The molecule has 2 aromatic carbocycles. The second kappa shape index (κ2) is 5.74. The van der Waals surface area contributed by atoms with Crippen molar-refractivity contribution in [2.45, 2.75) is 11.4 Å². The Morgan fingerprint density at radius 1 is 0.952 bits per heavy atom. The minimum absolute atomic E-state index is 0.149. The van der Waals surface area contributed by atoms with Gasteiger partial charge in [-0.2, -0.15) is 0 Å². The summed E-state index contributed by atoms with van der Waals surface area (Å²) in [5.74, 6) is -4.74. The summed E-state index contributed by atoms with van der Waals surface area (Å²) in [5, 5.41) is 0. The Labute approximate surface area is 119 Å². The number of anilines is 1. The van der Waals surface area contributed by atoms with E-state index in [1.165, 1.54) is 24.3 Å². The molecule has 2 aromatic rings. The summed E-state index contributed by atoms with van der Waals surface area (Å²) in [6.45, 7) is 0.242. The Morgan fingerprint density at radius 2 is 1.57 bits per heavy atom. The normalized spacial score (nSPS) is 11.4. The average molecular weight is 316 g/mol. The molecule has 21 heavy (non-hydrogen) atoms. The Morgan fingerprint density at radius 3 is 2.14 bits per heavy atom. The van der Waals surface area contributed by atoms with Crippen molar-refractivity contribution in [2.24, 2.45) is 5.73 Å². The number of benzene rings is 2. The fourth-order valence-electron chi connectivity index (χ4n) is 1.61. The zero-order chi connectivity index (χ0) is 15.6. The number of nitrogens with two attached hydrogens (primary N) is 1. The molecule has 0 saturated carbocycles. The molecule has 0 aliphatic rings. The van der Waals surface area contributed by atoms with E-state index >= 15 is 0 Å². The topological polar surface area (TPSA) is 72.2 Å². The van der Waals surface area contributed by atoms with Crippen LogP contribution >= 0.6 is 0 Å². The van der Waals surface area contributed by atoms with E-state index in [1.54, 1.807) is 0 Å². The van der Waals surface area contributed by atoms with Gasteiger partial charge in [0.1, 0.15) is 0 Å². The van der Waals surface area contributed by atoms with E-state index in [0.29, 0.717) is 11.6 Å². The number of hydrogen-bond acceptors (Lipinski definition) is 3. The van der Waals surface area contributed by atoms with E-state index in [1.807, 2.05) is 4.72 Å². The summed E-state index contributed by atoms with van der Waals surface area (Å²) < 4.78 is 65.2. The lowest BCUT2D eigenvalue weighted by molar-refractivity contribution is 0.449. The van der Waals surface area contributed by atoms with Crippen LogP contribution in [-0.4, -0.2) is 8.42 Å². The molecule has 0 aliphatic carbocycles. The highest BCUT2D eigenvalue weighted by atomic mass is 32.2. The zero-order valence-corrected chi connectivity index (χ0v) is 11.4. The summed E-state index contributed by atoms with van der Waals surface area (Å²) in [7, 11) is -4.11. The van der Waals surface area contributed by atoms with E-state index in [2.05, 4.69) is 0 Å². The fraction of sp³-hybridized carbons (Fsp3) is 0.0769. The maximum atomic E-state index is 13.5. The van der Waals surface area contributed by atoms with Gasteiger partial charge in [-0.05, 0) is 29.8 Å². The summed E-state index contributed by atoms with van der Waals surface area (Å²) in [6.07, 6.45) is 0. The van der Waals surface area contributed by atoms with Gasteiger partial charge in [-0.15, -0.1) is 0 Å². The van der Waals surface area contributed by atoms with Gasteiger partial charge in [0.05, 0.1) is 10.6 Å². The molecule has 0 unspecified atom stereocenters. The van der Waals surface area contributed by atoms with Gasteiger partial charge in [-0.1, -0.05) is 12.1 Å². The van der Waals surface area contributed by atoms with Crippen molar-refractivity contribution in [3.05, 3.63) is 59.4 Å². The number of halogens is 3. The first-order chi connectivity index (χ1) is 9.85. The third-order valence-electron chi connectivity index (χ3n) is 2.75. The molecule has 0 fully saturated rings. The lowest BCUT2D eigenvalue weighted by Crippen LogP contribution is -2.15. The van der Waals surface area contributed by atoms with Crippen molar-refractivity contribution >= 4 is 15.7 Å². The van der Waals surface area contributed by atoms with Gasteiger partial charge in [0.15, 0.2) is 17.5 Å². The van der Waals surface area contributed by atoms with E-state index in [4.69, 9.17) is 5.73 Å². The van der Waals surface area contributed by atoms with Crippen molar-refractivity contribution < 1.29 is 21.6 Å². The van der Waals surface area contributed by atoms with Crippen LogP contribution in [0.4, 0.5) is 18.9 Å². The molecule has 3 N–H and O–H groups in total. The highest BCUT2D eigenvalue weighted by molar-refractivity contribution is 7.92. The van der Waals surface area contributed by atoms with Crippen LogP contribution in [-0.2, 0) is 16.6 Å². The Hall–Kier alpha value is -2.06. The van der Waals surface area contributed by atoms with Crippen LogP contribution < -0.4 is 10.5 Å². The van der Waals surface area contributed by atoms with Gasteiger partial charge in [-0.3, -0.25) is 4.72 Å². The zero-order valence-electron chi connectivity index (χ0n) is 10.6. The SMILES string of the molecule is NCc1ccc(S(=O)(=O)Nc2ccc(F)c(F)c2F)cc1. The summed E-state index contributed by atoms with van der Waals surface area (Å²) in [4.78, 5) is -0.149. The van der Waals surface area contributed by atoms with Crippen molar-refractivity contribution in [3.8, 4) is 0 Å². The molecule has 8 heteroatoms. The molecular formula is C13H11F3N2O2S. The number of sulfonamides is 1. The standard InChI is InChI=1S/C13H11F3N2O2S/c14-10-5-6-11(13(16)12(10)15)18-21(19,20)9-3-1-8(7-17)2-4-9/h1-6,18H,7,17H2. The molecule has 0 amide bonds. The largest absolute Gasteiger partial charge is 0.326 e. The van der Waals surface area contributed by atoms with Gasteiger partial charge in [0, 0.05) is 6.54 Å². The van der Waals surface area contributed by atoms with Gasteiger partial charge >= 0.3 is 0 Å². The third-order valence-corrected chi connectivity index (χ3v) is 4.13. The van der Waals surface area contributed by atoms with E-state index in [9.17, 15) is 21.6 Å². The summed E-state index contributed by atoms with van der Waals surface area (Å²) in [5.41, 5.74) is 5.44. The predicted molar refractivity (Wildman–Crippen MR) is 71.5 cm³/mol. The van der Waals surface area contributed by atoms with Crippen LogP contribution in [0.1, 0.15) is 5.56 Å². The Kier molecular flexibility index (Phi) is 4.19. The number of hydrogen-bond donors (Lipinski definition) is 2. The molecule has 2 rings (SSSR count). The van der Waals surface area contributed by atoms with Crippen LogP contribution in [0, 0.1) is 17.5 Å². The molecule has 0 atom stereocenters. The monoisotopic (exact) mass is 316 g/mol. The lowest BCUT2D eigenvalue weighted by atomic mass is 10.2. The first-order valence-electron chi connectivity index (χ1n) is 5.80. The van der Waals surface area contributed by atoms with Crippen molar-refractivity contribution in [1.82, 2.24) is 0 Å². The molecule has 4 nitrogen and oxygen atoms in total. The maximum absolute atomic E-state index is 13.5. The molecular weight excluding hydrogens is 305 g/mol. The molecule has 0 bridgehead atoms. The van der Waals surface area contributed by atoms with Crippen LogP contribution in [0.3, 0.4) is 0 Å². The first-order valence-corrected chi connectivity index (χ1v) is 7.29. The quantitative estimate of drug-likeness (QED) is 0.851. The second-order valence-corrected chi connectivity index (χ2v) is 5.86.